The summed E-state index contributed by atoms with van der Waals surface area (Å²) in [6.07, 6.45) is 3.62. The molecule has 0 spiro atoms. The minimum atomic E-state index is 0.338. The molecule has 0 aliphatic heterocycles. The smallest absolute Gasteiger partial charge is 0.157 e. The predicted molar refractivity (Wildman–Crippen MR) is 77.6 cm³/mol. The molecule has 5 nitrogen and oxygen atoms in total. The van der Waals surface area contributed by atoms with Crippen LogP contribution in [0.4, 0.5) is 0 Å². The molecule has 0 atom stereocenters. The van der Waals surface area contributed by atoms with Gasteiger partial charge >= 0.3 is 0 Å². The monoisotopic (exact) mass is 277 g/mol. The van der Waals surface area contributed by atoms with Crippen molar-refractivity contribution in [3.63, 3.8) is 0 Å². The summed E-state index contributed by atoms with van der Waals surface area (Å²) in [6.45, 7) is 9.54. The van der Waals surface area contributed by atoms with Gasteiger partial charge in [0.2, 0.25) is 0 Å². The molecule has 0 radical (unpaired) electrons. The summed E-state index contributed by atoms with van der Waals surface area (Å²) >= 11 is 0. The van der Waals surface area contributed by atoms with Crippen LogP contribution in [-0.2, 0) is 13.2 Å². The molecule has 0 bridgehead atoms. The molecule has 1 N–H and O–H groups in total. The maximum absolute atomic E-state index is 5.70. The maximum Gasteiger partial charge on any atom is 0.157 e. The molecule has 5 heteroatoms. The zero-order valence-electron chi connectivity index (χ0n) is 12.6. The standard InChI is InChI=1S/C15H23N3O2/c1-11(2)16-7-13-5-6-14(20-13)10-19-15-8-17-18(9-15)12(3)4/h5-6,8-9,11-12,16H,7,10H2,1-4H3. The molecule has 0 saturated heterocycles. The third-order valence-electron chi connectivity index (χ3n) is 2.89. The Morgan fingerprint density at radius 2 is 2.00 bits per heavy atom. The predicted octanol–water partition coefficient (Wildman–Crippen LogP) is 3.13. The van der Waals surface area contributed by atoms with Crippen LogP contribution in [-0.4, -0.2) is 15.8 Å². The lowest BCUT2D eigenvalue weighted by atomic mass is 10.3. The van der Waals surface area contributed by atoms with E-state index in [4.69, 9.17) is 9.15 Å². The first-order chi connectivity index (χ1) is 9.54. The van der Waals surface area contributed by atoms with Gasteiger partial charge in [0.25, 0.3) is 0 Å². The fraction of sp³-hybridized carbons (Fsp3) is 0.533. The largest absolute Gasteiger partial charge is 0.482 e. The van der Waals surface area contributed by atoms with Crippen LogP contribution in [0.3, 0.4) is 0 Å². The van der Waals surface area contributed by atoms with Gasteiger partial charge in [-0.2, -0.15) is 5.10 Å². The van der Waals surface area contributed by atoms with Crippen LogP contribution in [0.5, 0.6) is 5.75 Å². The van der Waals surface area contributed by atoms with Crippen LogP contribution >= 0.6 is 0 Å². The number of ether oxygens (including phenoxy) is 1. The second-order valence-electron chi connectivity index (χ2n) is 5.44. The number of hydrogen-bond acceptors (Lipinski definition) is 4. The van der Waals surface area contributed by atoms with Gasteiger partial charge in [-0.05, 0) is 26.0 Å². The third kappa shape index (κ3) is 4.13. The van der Waals surface area contributed by atoms with Crippen LogP contribution in [0.1, 0.15) is 45.3 Å². The third-order valence-corrected chi connectivity index (χ3v) is 2.89. The van der Waals surface area contributed by atoms with E-state index in [2.05, 4.69) is 38.1 Å². The number of nitrogens with zero attached hydrogens (tertiary/aromatic N) is 2. The van der Waals surface area contributed by atoms with Crippen molar-refractivity contribution in [2.75, 3.05) is 0 Å². The van der Waals surface area contributed by atoms with E-state index in [1.807, 2.05) is 23.0 Å². The Morgan fingerprint density at radius 1 is 1.25 bits per heavy atom. The van der Waals surface area contributed by atoms with Crippen molar-refractivity contribution in [3.8, 4) is 5.75 Å². The lowest BCUT2D eigenvalue weighted by Crippen LogP contribution is -2.21. The number of hydrogen-bond donors (Lipinski definition) is 1. The highest BCUT2D eigenvalue weighted by Crippen LogP contribution is 2.15. The van der Waals surface area contributed by atoms with Gasteiger partial charge in [-0.15, -0.1) is 0 Å². The van der Waals surface area contributed by atoms with E-state index in [-0.39, 0.29) is 0 Å². The van der Waals surface area contributed by atoms with Crippen molar-refractivity contribution in [1.82, 2.24) is 15.1 Å². The van der Waals surface area contributed by atoms with Crippen LogP contribution in [0.25, 0.3) is 0 Å². The molecule has 2 aromatic rings. The molecule has 2 heterocycles. The molecular weight excluding hydrogens is 254 g/mol. The van der Waals surface area contributed by atoms with E-state index in [0.29, 0.717) is 18.7 Å². The van der Waals surface area contributed by atoms with Crippen LogP contribution in [0.15, 0.2) is 28.9 Å². The molecule has 110 valence electrons. The van der Waals surface area contributed by atoms with Crippen molar-refractivity contribution in [2.45, 2.75) is 52.9 Å². The Bertz CT molecular complexity index is 529. The van der Waals surface area contributed by atoms with Crippen LogP contribution < -0.4 is 10.1 Å². The van der Waals surface area contributed by atoms with Crippen LogP contribution in [0, 0.1) is 0 Å². The number of rotatable bonds is 7. The fourth-order valence-corrected chi connectivity index (χ4v) is 1.73. The maximum atomic E-state index is 5.70. The van der Waals surface area contributed by atoms with Crippen molar-refractivity contribution >= 4 is 0 Å². The minimum Gasteiger partial charge on any atom is -0.482 e. The average Bonchev–Trinajstić information content (AvgIpc) is 3.03. The summed E-state index contributed by atoms with van der Waals surface area (Å²) in [5.41, 5.74) is 0. The van der Waals surface area contributed by atoms with Gasteiger partial charge in [-0.3, -0.25) is 4.68 Å². The van der Waals surface area contributed by atoms with Crippen molar-refractivity contribution < 1.29 is 9.15 Å². The molecule has 0 aliphatic carbocycles. The molecule has 0 aliphatic rings. The van der Waals surface area contributed by atoms with E-state index in [1.54, 1.807) is 6.20 Å². The van der Waals surface area contributed by atoms with E-state index < -0.39 is 0 Å². The van der Waals surface area contributed by atoms with E-state index in [0.717, 1.165) is 23.8 Å². The molecular formula is C15H23N3O2. The van der Waals surface area contributed by atoms with Gasteiger partial charge in [0, 0.05) is 12.1 Å². The Kier molecular flexibility index (Phi) is 4.84. The Hall–Kier alpha value is -1.75. The molecule has 0 fully saturated rings. The molecule has 0 unspecified atom stereocenters. The van der Waals surface area contributed by atoms with E-state index in [1.165, 1.54) is 0 Å². The van der Waals surface area contributed by atoms with Gasteiger partial charge in [0.1, 0.15) is 18.1 Å². The first kappa shape index (κ1) is 14.7. The molecule has 0 amide bonds. The number of nitrogens with one attached hydrogen (secondary N) is 1. The van der Waals surface area contributed by atoms with Gasteiger partial charge in [-0.25, -0.2) is 0 Å². The summed E-state index contributed by atoms with van der Waals surface area (Å²) in [5.74, 6) is 2.51. The SMILES string of the molecule is CC(C)NCc1ccc(COc2cnn(C(C)C)c2)o1. The zero-order chi connectivity index (χ0) is 14.5. The topological polar surface area (TPSA) is 52.2 Å². The normalized spacial score (nSPS) is 11.5. The van der Waals surface area contributed by atoms with Crippen molar-refractivity contribution in [3.05, 3.63) is 36.0 Å². The summed E-state index contributed by atoms with van der Waals surface area (Å²) in [7, 11) is 0. The van der Waals surface area contributed by atoms with Gasteiger partial charge < -0.3 is 14.5 Å². The van der Waals surface area contributed by atoms with Crippen molar-refractivity contribution in [2.24, 2.45) is 0 Å². The quantitative estimate of drug-likeness (QED) is 0.844. The summed E-state index contributed by atoms with van der Waals surface area (Å²) in [4.78, 5) is 0. The number of aromatic nitrogens is 2. The highest BCUT2D eigenvalue weighted by Gasteiger charge is 2.06. The zero-order valence-corrected chi connectivity index (χ0v) is 12.6. The Morgan fingerprint density at radius 3 is 2.65 bits per heavy atom. The molecule has 2 rings (SSSR count). The average molecular weight is 277 g/mol. The lowest BCUT2D eigenvalue weighted by molar-refractivity contribution is 0.264. The highest BCUT2D eigenvalue weighted by molar-refractivity contribution is 5.13. The summed E-state index contributed by atoms with van der Waals surface area (Å²) < 4.78 is 13.2. The Balaban J connectivity index is 1.84. The first-order valence-corrected chi connectivity index (χ1v) is 7.02. The second-order valence-corrected chi connectivity index (χ2v) is 5.44. The minimum absolute atomic E-state index is 0.338. The molecule has 2 aromatic heterocycles. The van der Waals surface area contributed by atoms with E-state index in [9.17, 15) is 0 Å². The highest BCUT2D eigenvalue weighted by atomic mass is 16.5. The number of furan rings is 1. The molecule has 0 saturated carbocycles. The second kappa shape index (κ2) is 6.61. The lowest BCUT2D eigenvalue weighted by Gasteiger charge is -2.05. The Labute approximate surface area is 119 Å². The molecule has 0 aromatic carbocycles. The summed E-state index contributed by atoms with van der Waals surface area (Å²) in [5, 5.41) is 7.55. The van der Waals surface area contributed by atoms with Gasteiger partial charge in [-0.1, -0.05) is 13.8 Å². The molecule has 20 heavy (non-hydrogen) atoms. The summed E-state index contributed by atoms with van der Waals surface area (Å²) in [6, 6.07) is 4.71. The van der Waals surface area contributed by atoms with E-state index >= 15 is 0 Å². The van der Waals surface area contributed by atoms with Gasteiger partial charge in [0.05, 0.1) is 18.9 Å². The van der Waals surface area contributed by atoms with Gasteiger partial charge in [0.15, 0.2) is 5.75 Å². The van der Waals surface area contributed by atoms with Crippen molar-refractivity contribution in [1.29, 1.82) is 0 Å². The fourth-order valence-electron chi connectivity index (χ4n) is 1.73. The van der Waals surface area contributed by atoms with Crippen LogP contribution in [0.2, 0.25) is 0 Å². The first-order valence-electron chi connectivity index (χ1n) is 7.02.